The van der Waals surface area contributed by atoms with Gasteiger partial charge in [0.1, 0.15) is 5.75 Å². The first-order chi connectivity index (χ1) is 11.5. The van der Waals surface area contributed by atoms with Gasteiger partial charge < -0.3 is 10.1 Å². The fourth-order valence-corrected chi connectivity index (χ4v) is 2.33. The predicted octanol–water partition coefficient (Wildman–Crippen LogP) is 4.19. The quantitative estimate of drug-likeness (QED) is 0.765. The van der Waals surface area contributed by atoms with Crippen molar-refractivity contribution in [3.8, 4) is 5.75 Å². The molecule has 0 heterocycles. The van der Waals surface area contributed by atoms with Gasteiger partial charge in [0.2, 0.25) is 0 Å². The van der Waals surface area contributed by atoms with E-state index in [1.165, 1.54) is 0 Å². The minimum Gasteiger partial charge on any atom is -0.484 e. The fraction of sp³-hybridized carbons (Fsp3) is 0.263. The summed E-state index contributed by atoms with van der Waals surface area (Å²) in [6, 6.07) is 14.0. The zero-order chi connectivity index (χ0) is 17.5. The summed E-state index contributed by atoms with van der Waals surface area (Å²) in [4.78, 5) is 23.5. The van der Waals surface area contributed by atoms with E-state index in [2.05, 4.69) is 5.32 Å². The molecule has 2 aromatic carbocycles. The number of amides is 1. The Balaban J connectivity index is 1.84. The highest BCUT2D eigenvalue weighted by Crippen LogP contribution is 2.16. The Morgan fingerprint density at radius 3 is 2.29 bits per heavy atom. The molecule has 0 saturated heterocycles. The summed E-state index contributed by atoms with van der Waals surface area (Å²) in [7, 11) is 0. The number of carbonyl (C=O) groups excluding carboxylic acids is 2. The summed E-state index contributed by atoms with van der Waals surface area (Å²) >= 11 is 5.85. The standard InChI is InChI=1S/C19H20ClNO3/c1-3-18(22)15-6-10-17(11-7-15)24-12-19(23)21-13(2)14-4-8-16(20)9-5-14/h4-11,13H,3,12H2,1-2H3,(H,21,23)/t13-/m0/s1. The summed E-state index contributed by atoms with van der Waals surface area (Å²) in [5.41, 5.74) is 1.61. The van der Waals surface area contributed by atoms with Crippen LogP contribution in [0.15, 0.2) is 48.5 Å². The molecule has 4 nitrogen and oxygen atoms in total. The van der Waals surface area contributed by atoms with Crippen LogP contribution in [0.1, 0.15) is 42.2 Å². The number of nitrogens with one attached hydrogen (secondary N) is 1. The van der Waals surface area contributed by atoms with E-state index in [-0.39, 0.29) is 24.3 Å². The number of hydrogen-bond acceptors (Lipinski definition) is 3. The molecule has 2 aromatic rings. The molecule has 0 spiro atoms. The molecule has 0 fully saturated rings. The lowest BCUT2D eigenvalue weighted by molar-refractivity contribution is -0.123. The monoisotopic (exact) mass is 345 g/mol. The highest BCUT2D eigenvalue weighted by molar-refractivity contribution is 6.30. The maximum absolute atomic E-state index is 12.0. The van der Waals surface area contributed by atoms with Crippen LogP contribution in [0.5, 0.6) is 5.75 Å². The van der Waals surface area contributed by atoms with Crippen LogP contribution in [-0.2, 0) is 4.79 Å². The summed E-state index contributed by atoms with van der Waals surface area (Å²) in [5.74, 6) is 0.416. The van der Waals surface area contributed by atoms with E-state index in [0.717, 1.165) is 5.56 Å². The molecule has 0 unspecified atom stereocenters. The molecule has 1 N–H and O–H groups in total. The number of hydrogen-bond donors (Lipinski definition) is 1. The molecule has 0 aliphatic rings. The molecule has 1 amide bonds. The van der Waals surface area contributed by atoms with Gasteiger partial charge in [-0.15, -0.1) is 0 Å². The Hall–Kier alpha value is -2.33. The van der Waals surface area contributed by atoms with E-state index in [1.54, 1.807) is 36.4 Å². The number of benzene rings is 2. The summed E-state index contributed by atoms with van der Waals surface area (Å²) in [5, 5.41) is 3.52. The topological polar surface area (TPSA) is 55.4 Å². The third-order valence-electron chi connectivity index (χ3n) is 3.61. The van der Waals surface area contributed by atoms with Crippen molar-refractivity contribution >= 4 is 23.3 Å². The van der Waals surface area contributed by atoms with Crippen molar-refractivity contribution in [1.29, 1.82) is 0 Å². The van der Waals surface area contributed by atoms with Gasteiger partial charge in [-0.05, 0) is 48.9 Å². The van der Waals surface area contributed by atoms with Gasteiger partial charge >= 0.3 is 0 Å². The summed E-state index contributed by atoms with van der Waals surface area (Å²) in [6.45, 7) is 3.63. The number of ether oxygens (including phenoxy) is 1. The molecule has 5 heteroatoms. The highest BCUT2D eigenvalue weighted by atomic mass is 35.5. The van der Waals surface area contributed by atoms with Gasteiger partial charge in [0.15, 0.2) is 12.4 Å². The van der Waals surface area contributed by atoms with E-state index in [1.807, 2.05) is 26.0 Å². The van der Waals surface area contributed by atoms with Crippen LogP contribution < -0.4 is 10.1 Å². The van der Waals surface area contributed by atoms with Crippen LogP contribution in [0.3, 0.4) is 0 Å². The van der Waals surface area contributed by atoms with Crippen molar-refractivity contribution in [2.24, 2.45) is 0 Å². The molecular weight excluding hydrogens is 326 g/mol. The Labute approximate surface area is 146 Å². The Morgan fingerprint density at radius 2 is 1.71 bits per heavy atom. The Kier molecular flexibility index (Phi) is 6.38. The summed E-state index contributed by atoms with van der Waals surface area (Å²) in [6.07, 6.45) is 0.463. The first kappa shape index (κ1) is 18.0. The van der Waals surface area contributed by atoms with Crippen LogP contribution >= 0.6 is 11.6 Å². The maximum atomic E-state index is 12.0. The van der Waals surface area contributed by atoms with E-state index in [0.29, 0.717) is 22.8 Å². The molecule has 0 aliphatic heterocycles. The van der Waals surface area contributed by atoms with Crippen LogP contribution in [-0.4, -0.2) is 18.3 Å². The van der Waals surface area contributed by atoms with Crippen molar-refractivity contribution < 1.29 is 14.3 Å². The second-order valence-electron chi connectivity index (χ2n) is 5.43. The first-order valence-corrected chi connectivity index (χ1v) is 8.18. The van der Waals surface area contributed by atoms with Gasteiger partial charge in [-0.1, -0.05) is 30.7 Å². The maximum Gasteiger partial charge on any atom is 0.258 e. The van der Waals surface area contributed by atoms with Crippen molar-refractivity contribution in [3.63, 3.8) is 0 Å². The minimum absolute atomic E-state index is 0.0797. The van der Waals surface area contributed by atoms with Gasteiger partial charge in [0, 0.05) is 17.0 Å². The Bertz CT molecular complexity index is 696. The van der Waals surface area contributed by atoms with Crippen LogP contribution in [0.4, 0.5) is 0 Å². The average Bonchev–Trinajstić information content (AvgIpc) is 2.60. The third kappa shape index (κ3) is 5.10. The number of rotatable bonds is 7. The van der Waals surface area contributed by atoms with Crippen molar-refractivity contribution in [2.45, 2.75) is 26.3 Å². The van der Waals surface area contributed by atoms with Crippen LogP contribution in [0.2, 0.25) is 5.02 Å². The molecule has 126 valence electrons. The minimum atomic E-state index is -0.217. The number of ketones is 1. The smallest absolute Gasteiger partial charge is 0.258 e. The largest absolute Gasteiger partial charge is 0.484 e. The molecule has 0 bridgehead atoms. The van der Waals surface area contributed by atoms with Crippen LogP contribution in [0.25, 0.3) is 0 Å². The van der Waals surface area contributed by atoms with Crippen molar-refractivity contribution in [1.82, 2.24) is 5.32 Å². The molecule has 24 heavy (non-hydrogen) atoms. The molecule has 0 saturated carbocycles. The lowest BCUT2D eigenvalue weighted by atomic mass is 10.1. The predicted molar refractivity (Wildman–Crippen MR) is 94.6 cm³/mol. The second kappa shape index (κ2) is 8.50. The number of carbonyl (C=O) groups is 2. The van der Waals surface area contributed by atoms with E-state index >= 15 is 0 Å². The van der Waals surface area contributed by atoms with E-state index in [4.69, 9.17) is 16.3 Å². The van der Waals surface area contributed by atoms with Gasteiger partial charge in [-0.3, -0.25) is 9.59 Å². The van der Waals surface area contributed by atoms with E-state index < -0.39 is 0 Å². The van der Waals surface area contributed by atoms with Crippen molar-refractivity contribution in [3.05, 3.63) is 64.7 Å². The molecular formula is C19H20ClNO3. The van der Waals surface area contributed by atoms with Crippen molar-refractivity contribution in [2.75, 3.05) is 6.61 Å². The van der Waals surface area contributed by atoms with Crippen LogP contribution in [0, 0.1) is 0 Å². The normalized spacial score (nSPS) is 11.6. The van der Waals surface area contributed by atoms with Gasteiger partial charge in [0.05, 0.1) is 6.04 Å². The number of Topliss-reactive ketones (excluding diaryl/α,β-unsaturated/α-hetero) is 1. The lowest BCUT2D eigenvalue weighted by Crippen LogP contribution is -2.31. The SMILES string of the molecule is CCC(=O)c1ccc(OCC(=O)N[C@@H](C)c2ccc(Cl)cc2)cc1. The molecule has 0 aliphatic carbocycles. The zero-order valence-electron chi connectivity index (χ0n) is 13.7. The zero-order valence-corrected chi connectivity index (χ0v) is 14.5. The molecule has 1 atom stereocenters. The van der Waals surface area contributed by atoms with Gasteiger partial charge in [-0.25, -0.2) is 0 Å². The first-order valence-electron chi connectivity index (χ1n) is 7.80. The van der Waals surface area contributed by atoms with Gasteiger partial charge in [-0.2, -0.15) is 0 Å². The molecule has 0 radical (unpaired) electrons. The molecule has 0 aromatic heterocycles. The van der Waals surface area contributed by atoms with Gasteiger partial charge in [0.25, 0.3) is 5.91 Å². The second-order valence-corrected chi connectivity index (χ2v) is 5.87. The van der Waals surface area contributed by atoms with E-state index in [9.17, 15) is 9.59 Å². The highest BCUT2D eigenvalue weighted by Gasteiger charge is 2.10. The summed E-state index contributed by atoms with van der Waals surface area (Å²) < 4.78 is 5.45. The third-order valence-corrected chi connectivity index (χ3v) is 3.87. The lowest BCUT2D eigenvalue weighted by Gasteiger charge is -2.15. The Morgan fingerprint density at radius 1 is 1.08 bits per heavy atom. The fourth-order valence-electron chi connectivity index (χ4n) is 2.21. The molecule has 2 rings (SSSR count). The number of halogens is 1. The average molecular weight is 346 g/mol.